The molecule has 0 aromatic heterocycles. The van der Waals surface area contributed by atoms with Gasteiger partial charge in [-0.3, -0.25) is 14.1 Å². The second-order valence-corrected chi connectivity index (χ2v) is 14.8. The van der Waals surface area contributed by atoms with E-state index in [1.54, 1.807) is 49.4 Å². The van der Waals surface area contributed by atoms with Crippen molar-refractivity contribution >= 4 is 30.4 Å². The summed E-state index contributed by atoms with van der Waals surface area (Å²) in [6, 6.07) is 11.8. The van der Waals surface area contributed by atoms with Crippen LogP contribution in [-0.2, 0) is 37.6 Å². The zero-order valence-corrected chi connectivity index (χ0v) is 27.3. The molecule has 2 aromatic rings. The summed E-state index contributed by atoms with van der Waals surface area (Å²) in [6.07, 6.45) is 3.00. The fourth-order valence-corrected chi connectivity index (χ4v) is 6.82. The van der Waals surface area contributed by atoms with Gasteiger partial charge < -0.3 is 34.1 Å². The van der Waals surface area contributed by atoms with Gasteiger partial charge in [0.1, 0.15) is 30.1 Å². The summed E-state index contributed by atoms with van der Waals surface area (Å²) >= 11 is 0. The number of primary amides is 1. The smallest absolute Gasteiger partial charge is 0.459 e. The van der Waals surface area contributed by atoms with Crippen LogP contribution in [-0.4, -0.2) is 66.4 Å². The minimum Gasteiger partial charge on any atom is -0.464 e. The molecule has 0 spiro atoms. The largest absolute Gasteiger partial charge is 0.464 e. The van der Waals surface area contributed by atoms with E-state index in [1.807, 2.05) is 51.1 Å². The molecule has 0 saturated carbocycles. The van der Waals surface area contributed by atoms with Gasteiger partial charge in [0, 0.05) is 23.4 Å². The molecule has 2 saturated heterocycles. The van der Waals surface area contributed by atoms with Gasteiger partial charge in [-0.05, 0) is 44.1 Å². The first-order valence-corrected chi connectivity index (χ1v) is 16.5. The number of carbonyl (C=O) groups is 2. The number of rotatable bonds is 11. The number of hydrogen-bond donors (Lipinski definition) is 2. The van der Waals surface area contributed by atoms with Crippen molar-refractivity contribution in [2.75, 3.05) is 13.2 Å². The lowest BCUT2D eigenvalue weighted by Gasteiger charge is -2.31. The van der Waals surface area contributed by atoms with E-state index in [4.69, 9.17) is 33.7 Å². The molecule has 1 amide bonds. The Bertz CT molecular complexity index is 1530. The number of nitrogens with one attached hydrogen (secondary N) is 1. The third kappa shape index (κ3) is 7.95. The third-order valence-electron chi connectivity index (χ3n) is 7.39. The Morgan fingerprint density at radius 3 is 2.58 bits per heavy atom. The zero-order valence-electron chi connectivity index (χ0n) is 26.4. The van der Waals surface area contributed by atoms with Crippen molar-refractivity contribution in [3.63, 3.8) is 0 Å². The Morgan fingerprint density at radius 1 is 1.13 bits per heavy atom. The summed E-state index contributed by atoms with van der Waals surface area (Å²) in [7, 11) is -4.24. The number of ether oxygens (including phenoxy) is 4. The molecular weight excluding hydrogens is 601 g/mol. The van der Waals surface area contributed by atoms with Gasteiger partial charge in [0.05, 0.1) is 13.2 Å². The van der Waals surface area contributed by atoms with Crippen LogP contribution < -0.4 is 15.3 Å². The van der Waals surface area contributed by atoms with Gasteiger partial charge in [0.15, 0.2) is 12.0 Å². The first-order chi connectivity index (χ1) is 21.1. The number of fused-ring (bicyclic) bond motifs is 2. The van der Waals surface area contributed by atoms with E-state index in [1.165, 1.54) is 6.92 Å². The molecule has 0 radical (unpaired) electrons. The fourth-order valence-electron chi connectivity index (χ4n) is 5.30. The average molecular weight is 644 g/mol. The van der Waals surface area contributed by atoms with Crippen LogP contribution in [0.1, 0.15) is 48.0 Å². The molecule has 3 N–H and O–H groups in total. The van der Waals surface area contributed by atoms with Gasteiger partial charge in [-0.2, -0.15) is 5.09 Å². The zero-order chi connectivity index (χ0) is 32.6. The van der Waals surface area contributed by atoms with Gasteiger partial charge in [-0.25, -0.2) is 4.57 Å². The summed E-state index contributed by atoms with van der Waals surface area (Å²) in [6.45, 7) is 10.9. The number of carbonyl (C=O) groups excluding carboxylic acids is 2. The number of benzene rings is 2. The van der Waals surface area contributed by atoms with Crippen molar-refractivity contribution < 1.29 is 42.1 Å². The normalized spacial score (nSPS) is 26.2. The predicted octanol–water partition coefficient (Wildman–Crippen LogP) is 4.74. The van der Waals surface area contributed by atoms with Crippen molar-refractivity contribution in [1.29, 1.82) is 0 Å². The van der Waals surface area contributed by atoms with Crippen LogP contribution in [0.25, 0.3) is 10.8 Å². The number of esters is 1. The first kappa shape index (κ1) is 33.1. The molecule has 3 unspecified atom stereocenters. The summed E-state index contributed by atoms with van der Waals surface area (Å²) in [5, 5.41) is 4.35. The van der Waals surface area contributed by atoms with E-state index in [0.29, 0.717) is 23.1 Å². The molecule has 2 fully saturated rings. The van der Waals surface area contributed by atoms with Crippen molar-refractivity contribution in [2.24, 2.45) is 11.1 Å². The Morgan fingerprint density at radius 2 is 1.84 bits per heavy atom. The molecular formula is C32H42N3O9P. The van der Waals surface area contributed by atoms with Gasteiger partial charge in [-0.15, -0.1) is 0 Å². The molecule has 3 heterocycles. The van der Waals surface area contributed by atoms with Crippen LogP contribution in [0.4, 0.5) is 0 Å². The Hall–Kier alpha value is -3.25. The lowest BCUT2D eigenvalue weighted by atomic mass is 9.99. The quantitative estimate of drug-likeness (QED) is 0.258. The summed E-state index contributed by atoms with van der Waals surface area (Å²) < 4.78 is 50.7. The maximum atomic E-state index is 14.4. The van der Waals surface area contributed by atoms with E-state index in [2.05, 4.69) is 5.09 Å². The maximum Gasteiger partial charge on any atom is 0.459 e. The van der Waals surface area contributed by atoms with Gasteiger partial charge in [-0.1, -0.05) is 63.2 Å². The summed E-state index contributed by atoms with van der Waals surface area (Å²) in [4.78, 5) is 26.5. The maximum absolute atomic E-state index is 14.4. The van der Waals surface area contributed by atoms with E-state index in [0.717, 1.165) is 5.39 Å². The molecule has 13 heteroatoms. The van der Waals surface area contributed by atoms with Crippen LogP contribution in [0.5, 0.6) is 5.75 Å². The molecule has 0 bridgehead atoms. The number of hydrogen-bond acceptors (Lipinski definition) is 10. The van der Waals surface area contributed by atoms with Crippen molar-refractivity contribution in [3.8, 4) is 5.75 Å². The molecule has 244 valence electrons. The van der Waals surface area contributed by atoms with Crippen LogP contribution in [0.2, 0.25) is 0 Å². The highest BCUT2D eigenvalue weighted by atomic mass is 31.2. The second-order valence-electron chi connectivity index (χ2n) is 13.1. The number of amides is 1. The van der Waals surface area contributed by atoms with E-state index in [9.17, 15) is 14.2 Å². The van der Waals surface area contributed by atoms with Gasteiger partial charge in [0.2, 0.25) is 5.91 Å². The predicted molar refractivity (Wildman–Crippen MR) is 167 cm³/mol. The third-order valence-corrected chi connectivity index (χ3v) is 9.02. The molecule has 6 atom stereocenters. The first-order valence-electron chi connectivity index (χ1n) is 15.0. The topological polar surface area (TPSA) is 148 Å². The molecule has 12 nitrogen and oxygen atoms in total. The van der Waals surface area contributed by atoms with Crippen LogP contribution in [0, 0.1) is 5.41 Å². The SMILES string of the molecule is CC(NP(=O)(OCC1O[C@@H](N2C=CCC(C(N)=O)=C2)[C@@H]2OC(C)(C)O[C@H]12)Oc1cccc2ccccc12)C(=O)OCC(C)(C)C. The highest BCUT2D eigenvalue weighted by Gasteiger charge is 2.57. The van der Waals surface area contributed by atoms with E-state index < -0.39 is 56.0 Å². The monoisotopic (exact) mass is 643 g/mol. The molecule has 2 aromatic carbocycles. The van der Waals surface area contributed by atoms with Crippen molar-refractivity contribution in [3.05, 3.63) is 66.5 Å². The number of allylic oxidation sites excluding steroid dienone is 1. The Balaban J connectivity index is 1.38. The van der Waals surface area contributed by atoms with Gasteiger partial charge >= 0.3 is 13.7 Å². The summed E-state index contributed by atoms with van der Waals surface area (Å²) in [5.41, 5.74) is 5.69. The minimum atomic E-state index is -4.24. The Labute approximate surface area is 263 Å². The molecule has 0 aliphatic carbocycles. The molecule has 5 rings (SSSR count). The van der Waals surface area contributed by atoms with E-state index in [-0.39, 0.29) is 18.6 Å². The lowest BCUT2D eigenvalue weighted by Crippen LogP contribution is -2.40. The highest BCUT2D eigenvalue weighted by molar-refractivity contribution is 7.52. The lowest BCUT2D eigenvalue weighted by molar-refractivity contribution is -0.201. The van der Waals surface area contributed by atoms with E-state index >= 15 is 0 Å². The van der Waals surface area contributed by atoms with Crippen molar-refractivity contribution in [1.82, 2.24) is 9.99 Å². The molecule has 45 heavy (non-hydrogen) atoms. The standard InChI is InChI=1S/C32H42N3O9P/c1-20(30(37)39-19-31(2,3)4)34-45(38,44-24-15-9-12-21-11-7-8-14-23(21)24)40-18-25-26-27(43-32(5,6)42-26)29(41-25)35-16-10-13-22(17-35)28(33)36/h7-12,14-17,20,25-27,29H,13,18-19H2,1-6H3,(H2,33,36)(H,34,38)/t20?,25?,26-,27-,29-,45?/m1/s1. The van der Waals surface area contributed by atoms with Crippen molar-refractivity contribution in [2.45, 2.75) is 84.3 Å². The van der Waals surface area contributed by atoms with Crippen LogP contribution in [0.3, 0.4) is 0 Å². The Kier molecular flexibility index (Phi) is 9.47. The number of nitrogens with zero attached hydrogens (tertiary/aromatic N) is 1. The highest BCUT2D eigenvalue weighted by Crippen LogP contribution is 2.48. The van der Waals surface area contributed by atoms with Gasteiger partial charge in [0.25, 0.3) is 0 Å². The fraction of sp³-hybridized carbons (Fsp3) is 0.500. The summed E-state index contributed by atoms with van der Waals surface area (Å²) in [5.74, 6) is -1.75. The molecule has 3 aliphatic heterocycles. The second kappa shape index (κ2) is 12.9. The van der Waals surface area contributed by atoms with Crippen LogP contribution >= 0.6 is 7.75 Å². The van der Waals surface area contributed by atoms with Crippen LogP contribution in [0.15, 0.2) is 66.5 Å². The number of nitrogens with two attached hydrogens (primary N) is 1. The average Bonchev–Trinajstić information content (AvgIpc) is 3.47. The molecule has 3 aliphatic rings. The minimum absolute atomic E-state index is 0.178.